The summed E-state index contributed by atoms with van der Waals surface area (Å²) < 4.78 is 0. The highest BCUT2D eigenvalue weighted by Gasteiger charge is 2.87. The van der Waals surface area contributed by atoms with Crippen LogP contribution in [0.15, 0.2) is 152 Å². The first-order valence-electron chi connectivity index (χ1n) is 28.9. The van der Waals surface area contributed by atoms with E-state index in [1.165, 1.54) is 161 Å². The third-order valence-corrected chi connectivity index (χ3v) is 25.3. The lowest BCUT2D eigenvalue weighted by Crippen LogP contribution is -2.87. The molecule has 9 atom stereocenters. The molecular formula is C69H64BN3. The van der Waals surface area contributed by atoms with Gasteiger partial charge in [0.2, 0.25) is 0 Å². The topological polar surface area (TPSA) is 9.72 Å². The Kier molecular flexibility index (Phi) is 7.05. The van der Waals surface area contributed by atoms with Crippen molar-refractivity contribution in [3.05, 3.63) is 185 Å². The zero-order valence-electron chi connectivity index (χ0n) is 42.8. The van der Waals surface area contributed by atoms with E-state index in [4.69, 9.17) is 0 Å². The van der Waals surface area contributed by atoms with Crippen LogP contribution in [0.3, 0.4) is 0 Å². The van der Waals surface area contributed by atoms with E-state index in [1.54, 1.807) is 11.1 Å². The van der Waals surface area contributed by atoms with Crippen molar-refractivity contribution >= 4 is 68.6 Å². The van der Waals surface area contributed by atoms with Gasteiger partial charge in [0, 0.05) is 61.7 Å². The summed E-state index contributed by atoms with van der Waals surface area (Å²) >= 11 is 0. The summed E-state index contributed by atoms with van der Waals surface area (Å²) in [5.74, 6) is 5.76. The molecule has 9 fully saturated rings. The van der Waals surface area contributed by atoms with Crippen LogP contribution in [0.5, 0.6) is 0 Å². The third-order valence-electron chi connectivity index (χ3n) is 25.3. The van der Waals surface area contributed by atoms with Crippen molar-refractivity contribution in [3.8, 4) is 0 Å². The number of nitrogens with zero attached hydrogens (tertiary/aromatic N) is 3. The van der Waals surface area contributed by atoms with Gasteiger partial charge in [-0.25, -0.2) is 0 Å². The average molecular weight is 946 g/mol. The standard InChI is InChI=1S/C69H64BN3/c1-64-29-9-10-30-65(64,2)73(56-18-8-7-15-53(56)64)52-35-59-63-60(36-52)72(51-27-23-45(24-28-51)68-39-48-33-47-34-49(40-68)69(47,48)68)58-20-12-17-55-62(58)70(63)61-54(66(55,3)43-13-5-4-6-14-43)16-11-19-57(61)71(59)50-25-21-44(22-26-50)67-37-41-31-46(67)32-42(41)38-67/h4-8,11-28,35-36,41-42,46-49H,9-10,29-34,37-40H2,1-3H3/t41-,42?,46?,47?,48?,49?,64?,65?,66?,67?,68?,69?/m1/s1. The molecule has 4 heterocycles. The Morgan fingerprint density at radius 1 is 0.438 bits per heavy atom. The smallest absolute Gasteiger partial charge is 0.252 e. The average Bonchev–Trinajstić information content (AvgIpc) is 4.21. The highest BCUT2D eigenvalue weighted by molar-refractivity contribution is 7.01. The minimum absolute atomic E-state index is 0.0492. The van der Waals surface area contributed by atoms with E-state index in [2.05, 4.69) is 187 Å². The van der Waals surface area contributed by atoms with Crippen LogP contribution in [0.1, 0.15) is 131 Å². The van der Waals surface area contributed by atoms with E-state index in [0.29, 0.717) is 16.2 Å². The van der Waals surface area contributed by atoms with Crippen LogP contribution in [0.25, 0.3) is 0 Å². The lowest BCUT2D eigenvalue weighted by molar-refractivity contribution is -0.395. The monoisotopic (exact) mass is 946 g/mol. The fraction of sp³-hybridized carbons (Fsp3) is 0.391. The van der Waals surface area contributed by atoms with Crippen LogP contribution in [0, 0.1) is 40.9 Å². The van der Waals surface area contributed by atoms with Gasteiger partial charge in [-0.3, -0.25) is 0 Å². The maximum absolute atomic E-state index is 2.85. The number of benzene rings is 7. The van der Waals surface area contributed by atoms with Gasteiger partial charge >= 0.3 is 0 Å². The van der Waals surface area contributed by atoms with E-state index >= 15 is 0 Å². The maximum atomic E-state index is 2.85. The van der Waals surface area contributed by atoms with Gasteiger partial charge in [0.05, 0.1) is 5.54 Å². The van der Waals surface area contributed by atoms with Crippen LogP contribution >= 0.6 is 0 Å². The highest BCUT2D eigenvalue weighted by Crippen LogP contribution is 2.92. The number of anilines is 8. The first kappa shape index (κ1) is 40.4. The third kappa shape index (κ3) is 4.19. The molecule has 358 valence electrons. The van der Waals surface area contributed by atoms with Gasteiger partial charge in [-0.1, -0.05) is 117 Å². The lowest BCUT2D eigenvalue weighted by Gasteiger charge is -2.91. The molecular weight excluding hydrogens is 882 g/mol. The van der Waals surface area contributed by atoms with Crippen LogP contribution in [0.4, 0.5) is 45.5 Å². The van der Waals surface area contributed by atoms with Gasteiger partial charge in [0.15, 0.2) is 0 Å². The van der Waals surface area contributed by atoms with E-state index in [0.717, 1.165) is 35.5 Å². The molecule has 0 radical (unpaired) electrons. The Morgan fingerprint density at radius 2 is 1.00 bits per heavy atom. The fourth-order valence-corrected chi connectivity index (χ4v) is 22.2. The van der Waals surface area contributed by atoms with E-state index in [1.807, 2.05) is 0 Å². The number of hydrogen-bond donors (Lipinski definition) is 0. The second-order valence-electron chi connectivity index (χ2n) is 27.0. The molecule has 9 aliphatic carbocycles. The zero-order chi connectivity index (χ0) is 47.8. The molecule has 0 N–H and O–H groups in total. The molecule has 73 heavy (non-hydrogen) atoms. The Morgan fingerprint density at radius 3 is 1.59 bits per heavy atom. The van der Waals surface area contributed by atoms with Gasteiger partial charge in [0.1, 0.15) is 0 Å². The van der Waals surface area contributed by atoms with Gasteiger partial charge < -0.3 is 14.7 Å². The first-order valence-corrected chi connectivity index (χ1v) is 28.9. The molecule has 7 aromatic carbocycles. The van der Waals surface area contributed by atoms with Crippen molar-refractivity contribution in [2.24, 2.45) is 40.9 Å². The minimum Gasteiger partial charge on any atom is -0.334 e. The molecule has 4 bridgehead atoms. The van der Waals surface area contributed by atoms with Crippen molar-refractivity contribution < 1.29 is 0 Å². The first-order chi connectivity index (χ1) is 35.7. The molecule has 0 amide bonds. The number of rotatable bonds is 6. The van der Waals surface area contributed by atoms with Crippen molar-refractivity contribution in [1.29, 1.82) is 0 Å². The molecule has 4 aliphatic heterocycles. The summed E-state index contributed by atoms with van der Waals surface area (Å²) in [5, 5.41) is 0. The largest absolute Gasteiger partial charge is 0.334 e. The van der Waals surface area contributed by atoms with Crippen LogP contribution in [0.2, 0.25) is 0 Å². The summed E-state index contributed by atoms with van der Waals surface area (Å²) in [6.07, 6.45) is 16.5. The van der Waals surface area contributed by atoms with Gasteiger partial charge in [-0.05, 0) is 229 Å². The minimum atomic E-state index is -0.364. The molecule has 4 heteroatoms. The Hall–Kier alpha value is -6.00. The highest BCUT2D eigenvalue weighted by atomic mass is 15.3. The van der Waals surface area contributed by atoms with Crippen molar-refractivity contribution in [1.82, 2.24) is 0 Å². The molecule has 1 spiro atoms. The fourth-order valence-electron chi connectivity index (χ4n) is 22.2. The summed E-state index contributed by atoms with van der Waals surface area (Å²) in [6.45, 7) is 7.84. The predicted molar refractivity (Wildman–Crippen MR) is 299 cm³/mol. The molecule has 7 aromatic rings. The van der Waals surface area contributed by atoms with Gasteiger partial charge in [0.25, 0.3) is 6.71 Å². The normalized spacial score (nSPS) is 37.6. The summed E-state index contributed by atoms with van der Waals surface area (Å²) in [7, 11) is 0. The van der Waals surface area contributed by atoms with Crippen molar-refractivity contribution in [2.45, 2.75) is 125 Å². The second-order valence-corrected chi connectivity index (χ2v) is 27.0. The summed E-state index contributed by atoms with van der Waals surface area (Å²) in [4.78, 5) is 8.34. The SMILES string of the molecule is CC1(c2ccccc2)c2cccc3c2B2c4c(cc(N5c6ccccc6C6(C)CCCCC56C)cc4N(c4ccc(C56CC7CC8CC(C5)C876)cc4)c4cccc1c42)N3c1ccc(C23CC4CC2C[C@@H]4C3)cc1. The van der Waals surface area contributed by atoms with Crippen molar-refractivity contribution in [2.75, 3.05) is 14.7 Å². The Labute approximate surface area is 432 Å². The molecule has 9 saturated carbocycles. The zero-order valence-corrected chi connectivity index (χ0v) is 42.8. The molecule has 20 rings (SSSR count). The molecule has 8 unspecified atom stereocenters. The van der Waals surface area contributed by atoms with Crippen LogP contribution in [-0.2, 0) is 21.7 Å². The second kappa shape index (κ2) is 12.7. The lowest BCUT2D eigenvalue weighted by atomic mass is 9.12. The van der Waals surface area contributed by atoms with Crippen LogP contribution < -0.4 is 31.1 Å². The van der Waals surface area contributed by atoms with Gasteiger partial charge in [-0.2, -0.15) is 0 Å². The Bertz CT molecular complexity index is 3590. The van der Waals surface area contributed by atoms with Crippen molar-refractivity contribution in [3.63, 3.8) is 0 Å². The summed E-state index contributed by atoms with van der Waals surface area (Å²) in [6, 6.07) is 61.6. The molecule has 13 aliphatic rings. The maximum Gasteiger partial charge on any atom is 0.252 e. The molecule has 3 nitrogen and oxygen atoms in total. The quantitative estimate of drug-likeness (QED) is 0.154. The van der Waals surface area contributed by atoms with Crippen LogP contribution in [-0.4, -0.2) is 12.3 Å². The van der Waals surface area contributed by atoms with E-state index in [9.17, 15) is 0 Å². The number of hydrogen-bond acceptors (Lipinski definition) is 3. The van der Waals surface area contributed by atoms with E-state index < -0.39 is 0 Å². The molecule has 0 saturated heterocycles. The van der Waals surface area contributed by atoms with Gasteiger partial charge in [-0.15, -0.1) is 0 Å². The predicted octanol–water partition coefficient (Wildman–Crippen LogP) is 14.6. The number of fused-ring (bicyclic) bond motifs is 3. The number of para-hydroxylation sites is 1. The molecule has 0 aromatic heterocycles. The Balaban J connectivity index is 0.881. The summed E-state index contributed by atoms with van der Waals surface area (Å²) in [5.41, 5.74) is 25.1. The van der Waals surface area contributed by atoms with E-state index in [-0.39, 0.29) is 23.1 Å².